The molecular formula is C10H14FNO. The molecule has 0 aliphatic rings. The summed E-state index contributed by atoms with van der Waals surface area (Å²) in [7, 11) is 0. The predicted molar refractivity (Wildman–Crippen MR) is 50.1 cm³/mol. The van der Waals surface area contributed by atoms with Crippen molar-refractivity contribution in [2.75, 3.05) is 0 Å². The number of halogens is 1. The zero-order valence-corrected chi connectivity index (χ0v) is 7.88. The van der Waals surface area contributed by atoms with Crippen molar-refractivity contribution >= 4 is 0 Å². The maximum atomic E-state index is 13.1. The van der Waals surface area contributed by atoms with Crippen LogP contribution in [-0.2, 0) is 6.54 Å². The second-order valence-corrected chi connectivity index (χ2v) is 3.12. The minimum Gasteiger partial charge on any atom is -0.491 e. The van der Waals surface area contributed by atoms with E-state index in [0.717, 1.165) is 0 Å². The Hall–Kier alpha value is -1.09. The van der Waals surface area contributed by atoms with E-state index in [1.54, 1.807) is 12.1 Å². The lowest BCUT2D eigenvalue weighted by Crippen LogP contribution is -2.06. The molecule has 0 amide bonds. The van der Waals surface area contributed by atoms with Gasteiger partial charge in [0.1, 0.15) is 11.6 Å². The molecule has 0 bridgehead atoms. The number of ether oxygens (including phenoxy) is 1. The standard InChI is InChI=1S/C10H14FNO/c1-7(2)13-9-4-3-8(6-12)10(11)5-9/h3-5,7H,6,12H2,1-2H3. The Balaban J connectivity index is 2.83. The average Bonchev–Trinajstić information content (AvgIpc) is 2.03. The third kappa shape index (κ3) is 2.70. The second-order valence-electron chi connectivity index (χ2n) is 3.12. The minimum absolute atomic E-state index is 0.0585. The van der Waals surface area contributed by atoms with Crippen LogP contribution in [0, 0.1) is 5.82 Å². The lowest BCUT2D eigenvalue weighted by atomic mass is 10.2. The zero-order valence-electron chi connectivity index (χ0n) is 7.88. The molecule has 0 aromatic heterocycles. The highest BCUT2D eigenvalue weighted by atomic mass is 19.1. The number of hydrogen-bond acceptors (Lipinski definition) is 2. The molecule has 0 saturated carbocycles. The van der Waals surface area contributed by atoms with Gasteiger partial charge in [-0.3, -0.25) is 0 Å². The van der Waals surface area contributed by atoms with Crippen molar-refractivity contribution in [3.05, 3.63) is 29.6 Å². The van der Waals surface area contributed by atoms with E-state index in [1.165, 1.54) is 6.07 Å². The van der Waals surface area contributed by atoms with Crippen molar-refractivity contribution in [2.45, 2.75) is 26.5 Å². The van der Waals surface area contributed by atoms with Crippen LogP contribution in [0.5, 0.6) is 5.75 Å². The highest BCUT2D eigenvalue weighted by Gasteiger charge is 2.03. The van der Waals surface area contributed by atoms with Gasteiger partial charge in [0.2, 0.25) is 0 Å². The summed E-state index contributed by atoms with van der Waals surface area (Å²) < 4.78 is 18.5. The summed E-state index contributed by atoms with van der Waals surface area (Å²) in [4.78, 5) is 0. The molecule has 0 spiro atoms. The first-order chi connectivity index (χ1) is 6.13. The Morgan fingerprint density at radius 1 is 1.46 bits per heavy atom. The molecule has 0 unspecified atom stereocenters. The van der Waals surface area contributed by atoms with Gasteiger partial charge in [0, 0.05) is 18.2 Å². The van der Waals surface area contributed by atoms with Gasteiger partial charge in [-0.25, -0.2) is 4.39 Å². The SMILES string of the molecule is CC(C)Oc1ccc(CN)c(F)c1. The van der Waals surface area contributed by atoms with Crippen LogP contribution in [0.25, 0.3) is 0 Å². The number of nitrogens with two attached hydrogens (primary N) is 1. The summed E-state index contributed by atoms with van der Waals surface area (Å²) in [5.74, 6) is 0.241. The largest absolute Gasteiger partial charge is 0.491 e. The van der Waals surface area contributed by atoms with Gasteiger partial charge in [-0.05, 0) is 19.9 Å². The van der Waals surface area contributed by atoms with Crippen LogP contribution in [-0.4, -0.2) is 6.10 Å². The van der Waals surface area contributed by atoms with Crippen LogP contribution in [0.15, 0.2) is 18.2 Å². The molecule has 0 saturated heterocycles. The van der Waals surface area contributed by atoms with E-state index in [1.807, 2.05) is 13.8 Å². The maximum absolute atomic E-state index is 13.1. The molecule has 0 radical (unpaired) electrons. The van der Waals surface area contributed by atoms with Gasteiger partial charge in [0.15, 0.2) is 0 Å². The molecule has 0 aliphatic heterocycles. The molecule has 1 rings (SSSR count). The third-order valence-electron chi connectivity index (χ3n) is 1.62. The van der Waals surface area contributed by atoms with Crippen molar-refractivity contribution in [3.8, 4) is 5.75 Å². The van der Waals surface area contributed by atoms with Crippen LogP contribution in [0.1, 0.15) is 19.4 Å². The van der Waals surface area contributed by atoms with E-state index in [0.29, 0.717) is 11.3 Å². The highest BCUT2D eigenvalue weighted by Crippen LogP contribution is 2.17. The summed E-state index contributed by atoms with van der Waals surface area (Å²) in [5.41, 5.74) is 5.83. The van der Waals surface area contributed by atoms with Gasteiger partial charge in [-0.2, -0.15) is 0 Å². The smallest absolute Gasteiger partial charge is 0.131 e. The molecule has 0 aliphatic carbocycles. The van der Waals surface area contributed by atoms with E-state index >= 15 is 0 Å². The fourth-order valence-electron chi connectivity index (χ4n) is 1.04. The summed E-state index contributed by atoms with van der Waals surface area (Å²) in [6.45, 7) is 4.01. The van der Waals surface area contributed by atoms with E-state index in [9.17, 15) is 4.39 Å². The zero-order chi connectivity index (χ0) is 9.84. The Kier molecular flexibility index (Phi) is 3.25. The normalized spacial score (nSPS) is 10.5. The predicted octanol–water partition coefficient (Wildman–Crippen LogP) is 2.07. The van der Waals surface area contributed by atoms with Crippen LogP contribution in [0.3, 0.4) is 0 Å². The first kappa shape index (κ1) is 9.99. The maximum Gasteiger partial charge on any atom is 0.131 e. The lowest BCUT2D eigenvalue weighted by molar-refractivity contribution is 0.241. The Labute approximate surface area is 77.5 Å². The van der Waals surface area contributed by atoms with Gasteiger partial charge in [0.25, 0.3) is 0 Å². The number of benzene rings is 1. The summed E-state index contributed by atoms with van der Waals surface area (Å²) in [5, 5.41) is 0. The first-order valence-electron chi connectivity index (χ1n) is 4.28. The monoisotopic (exact) mass is 183 g/mol. The average molecular weight is 183 g/mol. The molecule has 0 fully saturated rings. The highest BCUT2D eigenvalue weighted by molar-refractivity contribution is 5.28. The number of hydrogen-bond donors (Lipinski definition) is 1. The first-order valence-corrected chi connectivity index (χ1v) is 4.28. The van der Waals surface area contributed by atoms with Gasteiger partial charge in [-0.1, -0.05) is 6.07 Å². The van der Waals surface area contributed by atoms with Gasteiger partial charge in [0.05, 0.1) is 6.10 Å². The molecule has 2 nitrogen and oxygen atoms in total. The van der Waals surface area contributed by atoms with Crippen LogP contribution >= 0.6 is 0 Å². The molecule has 0 heterocycles. The van der Waals surface area contributed by atoms with E-state index in [-0.39, 0.29) is 18.5 Å². The fraction of sp³-hybridized carbons (Fsp3) is 0.400. The van der Waals surface area contributed by atoms with Crippen molar-refractivity contribution in [1.82, 2.24) is 0 Å². The van der Waals surface area contributed by atoms with E-state index in [2.05, 4.69) is 0 Å². The molecule has 1 aromatic carbocycles. The van der Waals surface area contributed by atoms with Crippen molar-refractivity contribution in [3.63, 3.8) is 0 Å². The van der Waals surface area contributed by atoms with Gasteiger partial charge < -0.3 is 10.5 Å². The number of rotatable bonds is 3. The minimum atomic E-state index is -0.305. The lowest BCUT2D eigenvalue weighted by Gasteiger charge is -2.10. The molecule has 3 heteroatoms. The summed E-state index contributed by atoms with van der Waals surface area (Å²) in [6.07, 6.45) is 0.0585. The van der Waals surface area contributed by atoms with E-state index < -0.39 is 0 Å². The summed E-state index contributed by atoms with van der Waals surface area (Å²) in [6, 6.07) is 4.74. The third-order valence-corrected chi connectivity index (χ3v) is 1.62. The second kappa shape index (κ2) is 4.23. The molecule has 0 atom stereocenters. The summed E-state index contributed by atoms with van der Waals surface area (Å²) >= 11 is 0. The Morgan fingerprint density at radius 3 is 2.62 bits per heavy atom. The van der Waals surface area contributed by atoms with Crippen molar-refractivity contribution in [2.24, 2.45) is 5.73 Å². The molecular weight excluding hydrogens is 169 g/mol. The Bertz CT molecular complexity index is 286. The molecule has 2 N–H and O–H groups in total. The fourth-order valence-corrected chi connectivity index (χ4v) is 1.04. The van der Waals surface area contributed by atoms with E-state index in [4.69, 9.17) is 10.5 Å². The van der Waals surface area contributed by atoms with Crippen LogP contribution in [0.4, 0.5) is 4.39 Å². The van der Waals surface area contributed by atoms with Crippen molar-refractivity contribution in [1.29, 1.82) is 0 Å². The topological polar surface area (TPSA) is 35.2 Å². The quantitative estimate of drug-likeness (QED) is 0.778. The molecule has 13 heavy (non-hydrogen) atoms. The molecule has 1 aromatic rings. The van der Waals surface area contributed by atoms with Crippen LogP contribution < -0.4 is 10.5 Å². The Morgan fingerprint density at radius 2 is 2.15 bits per heavy atom. The van der Waals surface area contributed by atoms with Crippen LogP contribution in [0.2, 0.25) is 0 Å². The van der Waals surface area contributed by atoms with Gasteiger partial charge >= 0.3 is 0 Å². The van der Waals surface area contributed by atoms with Crippen molar-refractivity contribution < 1.29 is 9.13 Å². The molecule has 72 valence electrons. The van der Waals surface area contributed by atoms with Gasteiger partial charge in [-0.15, -0.1) is 0 Å².